The Labute approximate surface area is 183 Å². The van der Waals surface area contributed by atoms with Crippen LogP contribution in [-0.2, 0) is 13.1 Å². The molecule has 0 bridgehead atoms. The molecule has 0 spiro atoms. The number of H-pyrrole nitrogens is 1. The largest absolute Gasteiger partial charge is 0.415 e. The van der Waals surface area contributed by atoms with E-state index in [1.54, 1.807) is 12.1 Å². The molecule has 2 heterocycles. The standard InChI is InChI=1S/C17H15ClFN7O4S/c1-26(17(29)30-11-6-12(18)23-24-14(11)27)8-13-21-16(31-25-13)22-15(28)20-7-9-3-2-4-10(19)5-9/h2-6H,7-8H2,1H3,(H,24,27)(H2,20,21,22,25,28). The Kier molecular flexibility index (Phi) is 7.10. The number of aromatic amines is 1. The fourth-order valence-corrected chi connectivity index (χ4v) is 2.95. The van der Waals surface area contributed by atoms with Crippen LogP contribution in [0.25, 0.3) is 0 Å². The van der Waals surface area contributed by atoms with Crippen molar-refractivity contribution in [3.63, 3.8) is 0 Å². The number of nitrogens with zero attached hydrogens (tertiary/aromatic N) is 4. The molecule has 1 aromatic carbocycles. The molecule has 162 valence electrons. The van der Waals surface area contributed by atoms with Crippen molar-refractivity contribution in [3.8, 4) is 5.75 Å². The number of hydrogen-bond acceptors (Lipinski definition) is 8. The van der Waals surface area contributed by atoms with Crippen LogP contribution in [-0.4, -0.2) is 43.6 Å². The highest BCUT2D eigenvalue weighted by Crippen LogP contribution is 2.14. The first-order chi connectivity index (χ1) is 14.8. The van der Waals surface area contributed by atoms with E-state index in [1.807, 2.05) is 0 Å². The third kappa shape index (κ3) is 6.45. The molecule has 0 saturated heterocycles. The summed E-state index contributed by atoms with van der Waals surface area (Å²) >= 11 is 6.57. The van der Waals surface area contributed by atoms with E-state index in [4.69, 9.17) is 16.3 Å². The number of carbonyl (C=O) groups is 2. The summed E-state index contributed by atoms with van der Waals surface area (Å²) in [5, 5.41) is 10.8. The number of hydrogen-bond donors (Lipinski definition) is 3. The SMILES string of the molecule is CN(Cc1nsc(NC(=O)NCc2cccc(F)c2)n1)C(=O)Oc1cc(Cl)n[nH]c1=O. The molecular formula is C17H15ClFN7O4S. The third-order valence-electron chi connectivity index (χ3n) is 3.66. The minimum absolute atomic E-state index is 0.0430. The number of aromatic nitrogens is 4. The van der Waals surface area contributed by atoms with Crippen molar-refractivity contribution in [1.29, 1.82) is 0 Å². The molecule has 0 radical (unpaired) electrons. The van der Waals surface area contributed by atoms with Crippen LogP contribution in [0.1, 0.15) is 11.4 Å². The number of amides is 3. The molecule has 3 amide bonds. The van der Waals surface area contributed by atoms with E-state index < -0.39 is 23.5 Å². The average Bonchev–Trinajstić information content (AvgIpc) is 3.15. The van der Waals surface area contributed by atoms with E-state index >= 15 is 0 Å². The second-order valence-corrected chi connectivity index (χ2v) is 7.20. The molecular weight excluding hydrogens is 453 g/mol. The monoisotopic (exact) mass is 467 g/mol. The summed E-state index contributed by atoms with van der Waals surface area (Å²) in [5.74, 6) is -0.459. The van der Waals surface area contributed by atoms with Gasteiger partial charge in [-0.25, -0.2) is 24.1 Å². The van der Waals surface area contributed by atoms with Gasteiger partial charge in [-0.1, -0.05) is 23.7 Å². The van der Waals surface area contributed by atoms with Gasteiger partial charge in [-0.3, -0.25) is 10.1 Å². The minimum Gasteiger partial charge on any atom is -0.404 e. The molecule has 11 nitrogen and oxygen atoms in total. The van der Waals surface area contributed by atoms with E-state index in [-0.39, 0.29) is 34.9 Å². The molecule has 0 aliphatic carbocycles. The zero-order chi connectivity index (χ0) is 22.4. The average molecular weight is 468 g/mol. The first-order valence-corrected chi connectivity index (χ1v) is 9.75. The smallest absolute Gasteiger partial charge is 0.404 e. The highest BCUT2D eigenvalue weighted by Gasteiger charge is 2.17. The predicted molar refractivity (Wildman–Crippen MR) is 110 cm³/mol. The lowest BCUT2D eigenvalue weighted by Crippen LogP contribution is -2.31. The number of urea groups is 1. The Morgan fingerprint density at radius 1 is 1.35 bits per heavy atom. The molecule has 3 N–H and O–H groups in total. The Morgan fingerprint density at radius 2 is 2.16 bits per heavy atom. The van der Waals surface area contributed by atoms with Gasteiger partial charge in [-0.15, -0.1) is 0 Å². The molecule has 0 saturated carbocycles. The van der Waals surface area contributed by atoms with E-state index in [9.17, 15) is 18.8 Å². The Balaban J connectivity index is 1.50. The van der Waals surface area contributed by atoms with E-state index in [2.05, 4.69) is 30.2 Å². The number of benzene rings is 1. The van der Waals surface area contributed by atoms with Crippen molar-refractivity contribution in [2.75, 3.05) is 12.4 Å². The molecule has 0 aliphatic heterocycles. The fourth-order valence-electron chi connectivity index (χ4n) is 2.23. The van der Waals surface area contributed by atoms with Gasteiger partial charge in [0, 0.05) is 31.2 Å². The Morgan fingerprint density at radius 3 is 2.94 bits per heavy atom. The molecule has 31 heavy (non-hydrogen) atoms. The second-order valence-electron chi connectivity index (χ2n) is 6.06. The van der Waals surface area contributed by atoms with Crippen molar-refractivity contribution in [2.45, 2.75) is 13.1 Å². The van der Waals surface area contributed by atoms with Crippen LogP contribution < -0.4 is 20.9 Å². The molecule has 3 aromatic rings. The lowest BCUT2D eigenvalue weighted by Gasteiger charge is -2.14. The lowest BCUT2D eigenvalue weighted by molar-refractivity contribution is 0.159. The van der Waals surface area contributed by atoms with Gasteiger partial charge in [0.15, 0.2) is 11.0 Å². The topological polar surface area (TPSA) is 142 Å². The Bertz CT molecular complexity index is 1160. The summed E-state index contributed by atoms with van der Waals surface area (Å²) in [6, 6.07) is 6.40. The zero-order valence-corrected chi connectivity index (χ0v) is 17.5. The lowest BCUT2D eigenvalue weighted by atomic mass is 10.2. The first kappa shape index (κ1) is 22.1. The number of rotatable bonds is 6. The zero-order valence-electron chi connectivity index (χ0n) is 15.9. The number of carbonyl (C=O) groups excluding carboxylic acids is 2. The van der Waals surface area contributed by atoms with Crippen LogP contribution in [0.5, 0.6) is 5.75 Å². The normalized spacial score (nSPS) is 10.4. The van der Waals surface area contributed by atoms with Gasteiger partial charge in [-0.2, -0.15) is 9.47 Å². The fraction of sp³-hybridized carbons (Fsp3) is 0.176. The maximum Gasteiger partial charge on any atom is 0.415 e. The van der Waals surface area contributed by atoms with Gasteiger partial charge >= 0.3 is 17.7 Å². The van der Waals surface area contributed by atoms with Crippen LogP contribution in [0.15, 0.2) is 35.1 Å². The first-order valence-electron chi connectivity index (χ1n) is 8.60. The van der Waals surface area contributed by atoms with Gasteiger partial charge < -0.3 is 15.0 Å². The highest BCUT2D eigenvalue weighted by atomic mass is 35.5. The molecule has 0 atom stereocenters. The maximum atomic E-state index is 13.2. The number of ether oxygens (including phenoxy) is 1. The maximum absolute atomic E-state index is 13.2. The predicted octanol–water partition coefficient (Wildman–Crippen LogP) is 2.37. The molecule has 0 fully saturated rings. The minimum atomic E-state index is -0.843. The van der Waals surface area contributed by atoms with Crippen molar-refractivity contribution in [1.82, 2.24) is 29.8 Å². The quantitative estimate of drug-likeness (QED) is 0.505. The van der Waals surface area contributed by atoms with Crippen LogP contribution in [0.3, 0.4) is 0 Å². The highest BCUT2D eigenvalue weighted by molar-refractivity contribution is 7.09. The summed E-state index contributed by atoms with van der Waals surface area (Å²) in [5.41, 5.74) is -0.115. The molecule has 14 heteroatoms. The van der Waals surface area contributed by atoms with Gasteiger partial charge in [-0.05, 0) is 17.7 Å². The number of anilines is 1. The molecule has 3 rings (SSSR count). The van der Waals surface area contributed by atoms with Crippen molar-refractivity contribution in [3.05, 3.63) is 63.0 Å². The second kappa shape index (κ2) is 9.95. The summed E-state index contributed by atoms with van der Waals surface area (Å²) in [4.78, 5) is 40.9. The number of halogens is 2. The van der Waals surface area contributed by atoms with Crippen molar-refractivity contribution in [2.24, 2.45) is 0 Å². The van der Waals surface area contributed by atoms with Crippen LogP contribution >= 0.6 is 23.1 Å². The third-order valence-corrected chi connectivity index (χ3v) is 4.52. The summed E-state index contributed by atoms with van der Waals surface area (Å²) in [6.07, 6.45) is -0.843. The van der Waals surface area contributed by atoms with Gasteiger partial charge in [0.05, 0.1) is 6.54 Å². The number of nitrogens with one attached hydrogen (secondary N) is 3. The summed E-state index contributed by atoms with van der Waals surface area (Å²) < 4.78 is 22.2. The molecule has 0 unspecified atom stereocenters. The van der Waals surface area contributed by atoms with Crippen LogP contribution in [0, 0.1) is 5.82 Å². The van der Waals surface area contributed by atoms with Gasteiger partial charge in [0.2, 0.25) is 10.9 Å². The van der Waals surface area contributed by atoms with E-state index in [0.29, 0.717) is 5.56 Å². The summed E-state index contributed by atoms with van der Waals surface area (Å²) in [7, 11) is 1.42. The van der Waals surface area contributed by atoms with Crippen molar-refractivity contribution < 1.29 is 18.7 Å². The Hall–Kier alpha value is -3.58. The van der Waals surface area contributed by atoms with Gasteiger partial charge in [0.25, 0.3) is 0 Å². The van der Waals surface area contributed by atoms with Crippen LogP contribution in [0.4, 0.5) is 19.1 Å². The van der Waals surface area contributed by atoms with Gasteiger partial charge in [0.1, 0.15) is 5.82 Å². The van der Waals surface area contributed by atoms with Crippen LogP contribution in [0.2, 0.25) is 5.15 Å². The summed E-state index contributed by atoms with van der Waals surface area (Å²) in [6.45, 7) is 0.0840. The van der Waals surface area contributed by atoms with E-state index in [1.165, 1.54) is 19.2 Å². The molecule has 0 aliphatic rings. The van der Waals surface area contributed by atoms with Crippen molar-refractivity contribution >= 4 is 40.4 Å². The molecule has 2 aromatic heterocycles. The van der Waals surface area contributed by atoms with E-state index in [0.717, 1.165) is 22.5 Å².